The van der Waals surface area contributed by atoms with Crippen LogP contribution in [0.3, 0.4) is 0 Å². The first-order chi connectivity index (χ1) is 16.1. The maximum atomic E-state index is 13.7. The van der Waals surface area contributed by atoms with Gasteiger partial charge in [-0.3, -0.25) is 9.59 Å². The van der Waals surface area contributed by atoms with Gasteiger partial charge >= 0.3 is 0 Å². The lowest BCUT2D eigenvalue weighted by molar-refractivity contribution is -0.130. The summed E-state index contributed by atoms with van der Waals surface area (Å²) in [6.07, 6.45) is 6.86. The summed E-state index contributed by atoms with van der Waals surface area (Å²) in [5.41, 5.74) is 1.83. The van der Waals surface area contributed by atoms with Crippen molar-refractivity contribution in [2.45, 2.75) is 32.4 Å². The number of ketones is 1. The molecule has 2 aromatic carbocycles. The van der Waals surface area contributed by atoms with E-state index >= 15 is 0 Å². The zero-order chi connectivity index (χ0) is 23.2. The molecule has 0 fully saturated rings. The minimum Gasteiger partial charge on any atom is -0.488 e. The molecule has 1 aliphatic heterocycles. The molecule has 0 saturated heterocycles. The second-order valence-corrected chi connectivity index (χ2v) is 8.81. The van der Waals surface area contributed by atoms with Crippen LogP contribution >= 0.6 is 15.9 Å². The Morgan fingerprint density at radius 3 is 2.52 bits per heavy atom. The average molecular weight is 508 g/mol. The molecule has 3 aromatic rings. The minimum atomic E-state index is -0.507. The molecule has 0 saturated carbocycles. The fraction of sp³-hybridized carbons (Fsp3) is 0.269. The predicted octanol–water partition coefficient (Wildman–Crippen LogP) is 5.18. The zero-order valence-electron chi connectivity index (χ0n) is 18.5. The number of imidazole rings is 1. The first-order valence-electron chi connectivity index (χ1n) is 11.1. The van der Waals surface area contributed by atoms with E-state index in [4.69, 9.17) is 4.74 Å². The molecule has 0 radical (unpaired) electrons. The van der Waals surface area contributed by atoms with Crippen molar-refractivity contribution in [3.8, 4) is 0 Å². The van der Waals surface area contributed by atoms with Gasteiger partial charge in [-0.2, -0.15) is 0 Å². The van der Waals surface area contributed by atoms with Crippen LogP contribution in [0.2, 0.25) is 0 Å². The maximum absolute atomic E-state index is 13.7. The van der Waals surface area contributed by atoms with Crippen molar-refractivity contribution in [3.05, 3.63) is 100 Å². The van der Waals surface area contributed by atoms with Crippen LogP contribution in [-0.2, 0) is 16.1 Å². The monoisotopic (exact) mass is 507 g/mol. The Hall–Kier alpha value is -3.19. The molecule has 0 bridgehead atoms. The minimum absolute atomic E-state index is 0.168. The second-order valence-electron chi connectivity index (χ2n) is 7.89. The van der Waals surface area contributed by atoms with Crippen LogP contribution in [0.5, 0.6) is 0 Å². The van der Waals surface area contributed by atoms with Crippen LogP contribution in [0.15, 0.2) is 89.1 Å². The summed E-state index contributed by atoms with van der Waals surface area (Å²) >= 11 is 3.48. The highest BCUT2D eigenvalue weighted by Crippen LogP contribution is 2.40. The highest BCUT2D eigenvalue weighted by molar-refractivity contribution is 9.10. The van der Waals surface area contributed by atoms with Gasteiger partial charge in [0.1, 0.15) is 0 Å². The molecule has 1 aromatic heterocycles. The molecule has 2 heterocycles. The van der Waals surface area contributed by atoms with Crippen molar-refractivity contribution in [3.63, 3.8) is 0 Å². The third-order valence-corrected chi connectivity index (χ3v) is 6.10. The van der Waals surface area contributed by atoms with Crippen molar-refractivity contribution in [2.24, 2.45) is 0 Å². The van der Waals surface area contributed by atoms with Gasteiger partial charge in [0.25, 0.3) is 5.91 Å². The van der Waals surface area contributed by atoms with E-state index in [0.717, 1.165) is 29.4 Å². The van der Waals surface area contributed by atoms with Gasteiger partial charge < -0.3 is 14.2 Å². The number of aryl methyl sites for hydroxylation is 1. The molecule has 170 valence electrons. The predicted molar refractivity (Wildman–Crippen MR) is 129 cm³/mol. The number of Topliss-reactive ketones (excluding diaryl/α,β-unsaturated/α-hetero) is 1. The molecule has 0 spiro atoms. The van der Waals surface area contributed by atoms with E-state index in [1.54, 1.807) is 29.6 Å². The Balaban J connectivity index is 1.73. The fourth-order valence-corrected chi connectivity index (χ4v) is 4.29. The molecule has 1 unspecified atom stereocenters. The van der Waals surface area contributed by atoms with Crippen molar-refractivity contribution in [2.75, 3.05) is 13.2 Å². The van der Waals surface area contributed by atoms with E-state index in [1.165, 1.54) is 0 Å². The van der Waals surface area contributed by atoms with Crippen LogP contribution in [0.4, 0.5) is 0 Å². The SMILES string of the molecule is CCCOC1=C(C(=O)c2ccccc2)C(c2ccc(Br)cc2)N(CCCn2ccnc2)C1=O. The van der Waals surface area contributed by atoms with Crippen molar-refractivity contribution in [1.82, 2.24) is 14.5 Å². The lowest BCUT2D eigenvalue weighted by Crippen LogP contribution is -2.32. The standard InChI is InChI=1S/C26H26BrN3O3/c1-2-17-33-25-22(24(31)20-7-4-3-5-8-20)23(19-9-11-21(27)12-10-19)30(26(25)32)15-6-14-29-16-13-28-18-29/h3-5,7-13,16,18,23H,2,6,14-15,17H2,1H3. The Bertz CT molecular complexity index is 1130. The quantitative estimate of drug-likeness (QED) is 0.354. The van der Waals surface area contributed by atoms with Gasteiger partial charge in [0.05, 0.1) is 24.5 Å². The Morgan fingerprint density at radius 2 is 1.85 bits per heavy atom. The van der Waals surface area contributed by atoms with Gasteiger partial charge in [-0.15, -0.1) is 0 Å². The van der Waals surface area contributed by atoms with E-state index in [9.17, 15) is 9.59 Å². The van der Waals surface area contributed by atoms with Crippen LogP contribution in [0, 0.1) is 0 Å². The van der Waals surface area contributed by atoms with Gasteiger partial charge in [-0.05, 0) is 30.5 Å². The van der Waals surface area contributed by atoms with Gasteiger partial charge in [0.2, 0.25) is 0 Å². The first-order valence-corrected chi connectivity index (χ1v) is 11.9. The molecule has 0 aliphatic carbocycles. The number of nitrogens with zero attached hydrogens (tertiary/aromatic N) is 3. The molecule has 4 rings (SSSR count). The van der Waals surface area contributed by atoms with Crippen molar-refractivity contribution in [1.29, 1.82) is 0 Å². The number of benzene rings is 2. The number of ether oxygens (including phenoxy) is 1. The number of halogens is 1. The smallest absolute Gasteiger partial charge is 0.290 e. The highest BCUT2D eigenvalue weighted by Gasteiger charge is 2.44. The Labute approximate surface area is 202 Å². The van der Waals surface area contributed by atoms with Gasteiger partial charge in [-0.1, -0.05) is 65.3 Å². The lowest BCUT2D eigenvalue weighted by Gasteiger charge is -2.27. The van der Waals surface area contributed by atoms with E-state index < -0.39 is 6.04 Å². The molecular weight excluding hydrogens is 482 g/mol. The molecule has 33 heavy (non-hydrogen) atoms. The number of rotatable bonds is 10. The van der Waals surface area contributed by atoms with E-state index in [-0.39, 0.29) is 17.4 Å². The molecular formula is C26H26BrN3O3. The van der Waals surface area contributed by atoms with Crippen molar-refractivity contribution >= 4 is 27.6 Å². The summed E-state index contributed by atoms with van der Waals surface area (Å²) in [4.78, 5) is 33.1. The van der Waals surface area contributed by atoms with Gasteiger partial charge in [0, 0.05) is 35.5 Å². The molecule has 7 heteroatoms. The molecule has 1 atom stereocenters. The van der Waals surface area contributed by atoms with E-state index in [2.05, 4.69) is 20.9 Å². The summed E-state index contributed by atoms with van der Waals surface area (Å²) in [5.74, 6) is -0.248. The fourth-order valence-electron chi connectivity index (χ4n) is 4.02. The normalized spacial score (nSPS) is 15.9. The number of amides is 1. The third kappa shape index (κ3) is 5.09. The van der Waals surface area contributed by atoms with Crippen LogP contribution in [0.25, 0.3) is 0 Å². The Kier molecular flexibility index (Phi) is 7.40. The molecule has 1 amide bonds. The first kappa shape index (κ1) is 23.0. The van der Waals surface area contributed by atoms with Crippen LogP contribution in [-0.4, -0.2) is 39.3 Å². The summed E-state index contributed by atoms with van der Waals surface area (Å²) < 4.78 is 8.83. The molecule has 1 aliphatic rings. The van der Waals surface area contributed by atoms with Crippen LogP contribution < -0.4 is 0 Å². The number of carbonyl (C=O) groups excluding carboxylic acids is 2. The van der Waals surface area contributed by atoms with Gasteiger partial charge in [-0.25, -0.2) is 4.98 Å². The number of hydrogen-bond donors (Lipinski definition) is 0. The zero-order valence-corrected chi connectivity index (χ0v) is 20.1. The van der Waals surface area contributed by atoms with Crippen molar-refractivity contribution < 1.29 is 14.3 Å². The summed E-state index contributed by atoms with van der Waals surface area (Å²) in [7, 11) is 0. The van der Waals surface area contributed by atoms with E-state index in [1.807, 2.05) is 60.2 Å². The summed E-state index contributed by atoms with van der Waals surface area (Å²) in [6, 6.07) is 16.3. The van der Waals surface area contributed by atoms with Crippen LogP contribution in [0.1, 0.15) is 41.7 Å². The topological polar surface area (TPSA) is 64.4 Å². The number of carbonyl (C=O) groups is 2. The number of hydrogen-bond acceptors (Lipinski definition) is 4. The summed E-state index contributed by atoms with van der Waals surface area (Å²) in [5, 5.41) is 0. The molecule has 6 nitrogen and oxygen atoms in total. The largest absolute Gasteiger partial charge is 0.488 e. The highest BCUT2D eigenvalue weighted by atomic mass is 79.9. The average Bonchev–Trinajstić information content (AvgIpc) is 3.45. The molecule has 0 N–H and O–H groups in total. The van der Waals surface area contributed by atoms with E-state index in [0.29, 0.717) is 24.3 Å². The second kappa shape index (κ2) is 10.6. The summed E-state index contributed by atoms with van der Waals surface area (Å²) in [6.45, 7) is 3.57. The maximum Gasteiger partial charge on any atom is 0.290 e. The lowest BCUT2D eigenvalue weighted by atomic mass is 9.92. The van der Waals surface area contributed by atoms with Gasteiger partial charge in [0.15, 0.2) is 11.5 Å². The number of aromatic nitrogens is 2. The Morgan fingerprint density at radius 1 is 1.09 bits per heavy atom. The third-order valence-electron chi connectivity index (χ3n) is 5.58.